The zero-order valence-electron chi connectivity index (χ0n) is 14.4. The minimum Gasteiger partial charge on any atom is -0.480 e. The lowest BCUT2D eigenvalue weighted by atomic mass is 9.78. The minimum absolute atomic E-state index is 0.322. The number of aliphatic carboxylic acids is 1. The largest absolute Gasteiger partial charge is 0.480 e. The summed E-state index contributed by atoms with van der Waals surface area (Å²) >= 11 is 0. The second kappa shape index (κ2) is 6.01. The maximum Gasteiger partial charge on any atom is 0.318 e. The number of pyridine rings is 1. The fraction of sp³-hybridized carbons (Fsp3) is 0.333. The highest BCUT2D eigenvalue weighted by Gasteiger charge is 2.44. The zero-order valence-corrected chi connectivity index (χ0v) is 14.4. The van der Waals surface area contributed by atoms with Crippen molar-refractivity contribution in [3.63, 3.8) is 0 Å². The number of carboxylic acid groups (broad SMARTS) is 1. The van der Waals surface area contributed by atoms with Gasteiger partial charge in [-0.2, -0.15) is 0 Å². The summed E-state index contributed by atoms with van der Waals surface area (Å²) in [6.07, 6.45) is 5.75. The molecule has 2 aromatic rings. The van der Waals surface area contributed by atoms with Gasteiger partial charge in [0.15, 0.2) is 0 Å². The highest BCUT2D eigenvalue weighted by molar-refractivity contribution is 5.90. The van der Waals surface area contributed by atoms with E-state index in [-0.39, 0.29) is 0 Å². The highest BCUT2D eigenvalue weighted by atomic mass is 19.1. The van der Waals surface area contributed by atoms with Crippen LogP contribution in [0.5, 0.6) is 0 Å². The maximum absolute atomic E-state index is 14.0. The molecule has 0 bridgehead atoms. The quantitative estimate of drug-likeness (QED) is 0.861. The van der Waals surface area contributed by atoms with Crippen LogP contribution in [0.4, 0.5) is 8.78 Å². The average molecular weight is 355 g/mol. The Morgan fingerprint density at radius 2 is 2.08 bits per heavy atom. The molecule has 1 atom stereocenters. The molecule has 134 valence electrons. The lowest BCUT2D eigenvalue weighted by Gasteiger charge is -2.24. The Labute approximate surface area is 150 Å². The first kappa shape index (κ1) is 16.9. The number of carboxylic acids is 1. The third kappa shape index (κ3) is 2.62. The molecule has 2 aliphatic rings. The summed E-state index contributed by atoms with van der Waals surface area (Å²) in [5, 5.41) is 9.99. The van der Waals surface area contributed by atoms with E-state index in [1.54, 1.807) is 19.1 Å². The van der Waals surface area contributed by atoms with Gasteiger partial charge in [0.1, 0.15) is 17.0 Å². The number of nitrogens with zero attached hydrogens (tertiary/aromatic N) is 1. The molecule has 26 heavy (non-hydrogen) atoms. The van der Waals surface area contributed by atoms with Gasteiger partial charge in [0.25, 0.3) is 0 Å². The fourth-order valence-electron chi connectivity index (χ4n) is 3.96. The smallest absolute Gasteiger partial charge is 0.318 e. The topological polar surface area (TPSA) is 50.2 Å². The number of hydrogen-bond acceptors (Lipinski definition) is 2. The van der Waals surface area contributed by atoms with Crippen molar-refractivity contribution in [1.82, 2.24) is 4.98 Å². The summed E-state index contributed by atoms with van der Waals surface area (Å²) in [6, 6.07) is 5.98. The van der Waals surface area contributed by atoms with Crippen molar-refractivity contribution in [2.24, 2.45) is 0 Å². The van der Waals surface area contributed by atoms with Crippen molar-refractivity contribution in [1.29, 1.82) is 0 Å². The van der Waals surface area contributed by atoms with E-state index in [2.05, 4.69) is 4.98 Å². The van der Waals surface area contributed by atoms with E-state index < -0.39 is 23.0 Å². The molecule has 1 fully saturated rings. The van der Waals surface area contributed by atoms with Crippen LogP contribution in [-0.4, -0.2) is 16.1 Å². The predicted molar refractivity (Wildman–Crippen MR) is 93.8 cm³/mol. The SMILES string of the molecule is Cc1c(F)cccc1C1(C(=O)O)C=C(c2cc(F)cnc2C2CC2)CC1. The van der Waals surface area contributed by atoms with Crippen molar-refractivity contribution in [2.45, 2.75) is 43.9 Å². The molecule has 0 spiro atoms. The molecule has 0 radical (unpaired) electrons. The lowest BCUT2D eigenvalue weighted by Crippen LogP contribution is -2.32. The van der Waals surface area contributed by atoms with Crippen LogP contribution >= 0.6 is 0 Å². The third-order valence-electron chi connectivity index (χ3n) is 5.53. The van der Waals surface area contributed by atoms with E-state index in [9.17, 15) is 18.7 Å². The Kier molecular flexibility index (Phi) is 3.90. The summed E-state index contributed by atoms with van der Waals surface area (Å²) in [6.45, 7) is 1.60. The van der Waals surface area contributed by atoms with Gasteiger partial charge < -0.3 is 5.11 Å². The van der Waals surface area contributed by atoms with Gasteiger partial charge in [-0.15, -0.1) is 0 Å². The molecule has 1 saturated carbocycles. The van der Waals surface area contributed by atoms with Crippen LogP contribution in [-0.2, 0) is 10.2 Å². The Bertz CT molecular complexity index is 934. The Hall–Kier alpha value is -2.56. The zero-order chi connectivity index (χ0) is 18.5. The van der Waals surface area contributed by atoms with Crippen LogP contribution in [0.15, 0.2) is 36.5 Å². The van der Waals surface area contributed by atoms with Crippen molar-refractivity contribution < 1.29 is 18.7 Å². The molecule has 1 aromatic heterocycles. The molecule has 1 unspecified atom stereocenters. The molecule has 2 aliphatic carbocycles. The molecule has 1 aromatic carbocycles. The maximum atomic E-state index is 14.0. The Morgan fingerprint density at radius 3 is 2.77 bits per heavy atom. The van der Waals surface area contributed by atoms with Crippen LogP contribution in [0.1, 0.15) is 54.0 Å². The number of benzene rings is 1. The summed E-state index contributed by atoms with van der Waals surface area (Å²) in [5.41, 5.74) is 1.82. The van der Waals surface area contributed by atoms with E-state index in [0.29, 0.717) is 35.4 Å². The minimum atomic E-state index is -1.30. The van der Waals surface area contributed by atoms with E-state index >= 15 is 0 Å². The standard InChI is InChI=1S/C21H19F2NO2/c1-12-17(3-2-4-18(12)23)21(20(25)26)8-7-14(10-21)16-9-15(22)11-24-19(16)13-5-6-13/h2-4,9-11,13H,5-8H2,1H3,(H,25,26). The van der Waals surface area contributed by atoms with Gasteiger partial charge in [0.2, 0.25) is 0 Å². The van der Waals surface area contributed by atoms with Crippen LogP contribution in [0.3, 0.4) is 0 Å². The molecular formula is C21H19F2NO2. The highest BCUT2D eigenvalue weighted by Crippen LogP contribution is 2.48. The van der Waals surface area contributed by atoms with Crippen molar-refractivity contribution >= 4 is 11.5 Å². The van der Waals surface area contributed by atoms with Gasteiger partial charge in [0.05, 0.1) is 11.9 Å². The van der Waals surface area contributed by atoms with Gasteiger partial charge >= 0.3 is 5.97 Å². The van der Waals surface area contributed by atoms with E-state index in [0.717, 1.165) is 24.1 Å². The van der Waals surface area contributed by atoms with Gasteiger partial charge in [-0.3, -0.25) is 9.78 Å². The van der Waals surface area contributed by atoms with Crippen molar-refractivity contribution in [3.05, 3.63) is 70.6 Å². The van der Waals surface area contributed by atoms with Crippen LogP contribution in [0.25, 0.3) is 5.57 Å². The summed E-state index contributed by atoms with van der Waals surface area (Å²) in [5.74, 6) is -1.54. The predicted octanol–water partition coefficient (Wildman–Crippen LogP) is 4.75. The van der Waals surface area contributed by atoms with Crippen molar-refractivity contribution in [3.8, 4) is 0 Å². The number of aromatic nitrogens is 1. The van der Waals surface area contributed by atoms with Crippen molar-refractivity contribution in [2.75, 3.05) is 0 Å². The van der Waals surface area contributed by atoms with Crippen LogP contribution < -0.4 is 0 Å². The molecule has 0 saturated heterocycles. The number of carbonyl (C=O) groups is 1. The average Bonchev–Trinajstić information content (AvgIpc) is 3.35. The van der Waals surface area contributed by atoms with Gasteiger partial charge in [-0.1, -0.05) is 18.2 Å². The van der Waals surface area contributed by atoms with E-state index in [1.165, 1.54) is 24.4 Å². The van der Waals surface area contributed by atoms with Gasteiger partial charge in [-0.05, 0) is 61.4 Å². The van der Waals surface area contributed by atoms with Crippen LogP contribution in [0, 0.1) is 18.6 Å². The first-order valence-electron chi connectivity index (χ1n) is 8.79. The summed E-state index contributed by atoms with van der Waals surface area (Å²) in [7, 11) is 0. The lowest BCUT2D eigenvalue weighted by molar-refractivity contribution is -0.141. The van der Waals surface area contributed by atoms with Gasteiger partial charge in [0, 0.05) is 11.5 Å². The molecule has 3 nitrogen and oxygen atoms in total. The second-order valence-corrected chi connectivity index (χ2v) is 7.22. The molecule has 0 amide bonds. The normalized spacial score (nSPS) is 22.3. The number of hydrogen-bond donors (Lipinski definition) is 1. The Balaban J connectivity index is 1.86. The first-order chi connectivity index (χ1) is 12.4. The van der Waals surface area contributed by atoms with E-state index in [4.69, 9.17) is 0 Å². The third-order valence-corrected chi connectivity index (χ3v) is 5.53. The molecule has 1 heterocycles. The summed E-state index contributed by atoms with van der Waals surface area (Å²) in [4.78, 5) is 16.5. The number of rotatable bonds is 4. The molecule has 4 rings (SSSR count). The van der Waals surface area contributed by atoms with E-state index in [1.807, 2.05) is 0 Å². The number of allylic oxidation sites excluding steroid dienone is 1. The van der Waals surface area contributed by atoms with Gasteiger partial charge in [-0.25, -0.2) is 8.78 Å². The Morgan fingerprint density at radius 1 is 1.31 bits per heavy atom. The summed E-state index contributed by atoms with van der Waals surface area (Å²) < 4.78 is 27.9. The molecular weight excluding hydrogens is 336 g/mol. The van der Waals surface area contributed by atoms with Crippen LogP contribution in [0.2, 0.25) is 0 Å². The molecule has 1 N–H and O–H groups in total. The monoisotopic (exact) mass is 355 g/mol. The second-order valence-electron chi connectivity index (χ2n) is 7.22. The first-order valence-corrected chi connectivity index (χ1v) is 8.79. The fourth-order valence-corrected chi connectivity index (χ4v) is 3.96. The molecule has 5 heteroatoms. The molecule has 0 aliphatic heterocycles. The number of halogens is 2.